The number of fused-ring (bicyclic) bond motifs is 1. The van der Waals surface area contributed by atoms with Crippen LogP contribution in [0, 0.1) is 6.92 Å². The summed E-state index contributed by atoms with van der Waals surface area (Å²) in [5.74, 6) is 0. The minimum absolute atomic E-state index is 0.0762. The summed E-state index contributed by atoms with van der Waals surface area (Å²) in [7, 11) is 1.94. The molecule has 4 nitrogen and oxygen atoms in total. The van der Waals surface area contributed by atoms with Gasteiger partial charge in [0, 0.05) is 7.05 Å². The maximum absolute atomic E-state index is 4.31. The van der Waals surface area contributed by atoms with Crippen LogP contribution in [0.25, 0.3) is 6.08 Å². The first kappa shape index (κ1) is 8.29. The van der Waals surface area contributed by atoms with Crippen LogP contribution >= 0.6 is 0 Å². The van der Waals surface area contributed by atoms with Crippen molar-refractivity contribution in [2.75, 3.05) is 0 Å². The lowest BCUT2D eigenvalue weighted by Crippen LogP contribution is -2.46. The monoisotopic (exact) mass is 178 g/mol. The second-order valence-corrected chi connectivity index (χ2v) is 4.03. The van der Waals surface area contributed by atoms with Crippen molar-refractivity contribution in [1.29, 1.82) is 0 Å². The summed E-state index contributed by atoms with van der Waals surface area (Å²) < 4.78 is 1.87. The molecule has 13 heavy (non-hydrogen) atoms. The molecule has 0 atom stereocenters. The molecule has 4 heteroatoms. The summed E-state index contributed by atoms with van der Waals surface area (Å²) in [6.45, 7) is 6.14. The molecule has 0 spiro atoms. The van der Waals surface area contributed by atoms with Gasteiger partial charge >= 0.3 is 0 Å². The summed E-state index contributed by atoms with van der Waals surface area (Å²) in [4.78, 5) is 0. The first-order chi connectivity index (χ1) is 5.99. The molecule has 0 amide bonds. The van der Waals surface area contributed by atoms with Crippen LogP contribution in [0.5, 0.6) is 0 Å². The Morgan fingerprint density at radius 2 is 2.15 bits per heavy atom. The van der Waals surface area contributed by atoms with E-state index in [9.17, 15) is 0 Å². The van der Waals surface area contributed by atoms with Crippen LogP contribution in [-0.4, -0.2) is 15.3 Å². The Morgan fingerprint density at radius 1 is 1.46 bits per heavy atom. The normalized spacial score (nSPS) is 18.2. The number of aryl methyl sites for hydroxylation is 2. The van der Waals surface area contributed by atoms with Crippen LogP contribution in [0.2, 0.25) is 0 Å². The zero-order valence-electron chi connectivity index (χ0n) is 8.42. The minimum Gasteiger partial charge on any atom is -0.300 e. The molecule has 0 fully saturated rings. The number of nitrogens with one attached hydrogen (secondary N) is 1. The van der Waals surface area contributed by atoms with Crippen LogP contribution in [0.1, 0.15) is 19.5 Å². The SMILES string of the molecule is Cc1nn(C)c2c1=NNC(C)(C)C=2. The van der Waals surface area contributed by atoms with Gasteiger partial charge in [0.1, 0.15) is 5.36 Å². The summed E-state index contributed by atoms with van der Waals surface area (Å²) >= 11 is 0. The highest BCUT2D eigenvalue weighted by atomic mass is 15.4. The number of nitrogens with zero attached hydrogens (tertiary/aromatic N) is 3. The van der Waals surface area contributed by atoms with E-state index in [-0.39, 0.29) is 5.54 Å². The molecule has 2 rings (SSSR count). The highest BCUT2D eigenvalue weighted by molar-refractivity contribution is 5.34. The number of hydrogen-bond acceptors (Lipinski definition) is 3. The van der Waals surface area contributed by atoms with E-state index in [1.165, 1.54) is 0 Å². The van der Waals surface area contributed by atoms with Crippen LogP contribution in [0.4, 0.5) is 0 Å². The van der Waals surface area contributed by atoms with E-state index in [1.54, 1.807) is 0 Å². The molecule has 1 aliphatic rings. The summed E-state index contributed by atoms with van der Waals surface area (Å²) in [6, 6.07) is 0. The molecule has 0 radical (unpaired) electrons. The maximum Gasteiger partial charge on any atom is 0.131 e. The molecule has 2 heterocycles. The van der Waals surface area contributed by atoms with E-state index in [4.69, 9.17) is 0 Å². The highest BCUT2D eigenvalue weighted by Gasteiger charge is 2.18. The van der Waals surface area contributed by atoms with Crippen molar-refractivity contribution in [2.24, 2.45) is 12.1 Å². The van der Waals surface area contributed by atoms with Crippen LogP contribution in [0.15, 0.2) is 5.10 Å². The lowest BCUT2D eigenvalue weighted by molar-refractivity contribution is 0.497. The van der Waals surface area contributed by atoms with Gasteiger partial charge in [0.25, 0.3) is 0 Å². The van der Waals surface area contributed by atoms with Crippen molar-refractivity contribution in [2.45, 2.75) is 26.3 Å². The van der Waals surface area contributed by atoms with Gasteiger partial charge in [-0.15, -0.1) is 0 Å². The molecule has 1 aromatic heterocycles. The third-order valence-electron chi connectivity index (χ3n) is 2.19. The van der Waals surface area contributed by atoms with Crippen LogP contribution in [-0.2, 0) is 7.05 Å². The van der Waals surface area contributed by atoms with Crippen LogP contribution < -0.4 is 16.1 Å². The first-order valence-corrected chi connectivity index (χ1v) is 4.37. The Hall–Kier alpha value is -1.32. The summed E-state index contributed by atoms with van der Waals surface area (Å²) in [5.41, 5.74) is 3.98. The van der Waals surface area contributed by atoms with E-state index < -0.39 is 0 Å². The molecule has 0 bridgehead atoms. The first-order valence-electron chi connectivity index (χ1n) is 4.37. The van der Waals surface area contributed by atoms with Gasteiger partial charge in [-0.05, 0) is 26.8 Å². The third kappa shape index (κ3) is 1.22. The Balaban J connectivity index is 2.81. The van der Waals surface area contributed by atoms with Gasteiger partial charge in [0.05, 0.1) is 16.6 Å². The Morgan fingerprint density at radius 3 is 2.85 bits per heavy atom. The lowest BCUT2D eigenvalue weighted by Gasteiger charge is -2.21. The van der Waals surface area contributed by atoms with Gasteiger partial charge in [-0.25, -0.2) is 0 Å². The summed E-state index contributed by atoms with van der Waals surface area (Å²) in [5, 5.41) is 10.7. The molecule has 1 N–H and O–H groups in total. The fraction of sp³-hybridized carbons (Fsp3) is 0.556. The Bertz CT molecular complexity index is 453. The quantitative estimate of drug-likeness (QED) is 0.578. The topological polar surface area (TPSA) is 42.2 Å². The molecule has 0 saturated heterocycles. The number of hydrogen-bond donors (Lipinski definition) is 1. The zero-order chi connectivity index (χ0) is 9.64. The molecular weight excluding hydrogens is 164 g/mol. The lowest BCUT2D eigenvalue weighted by atomic mass is 10.1. The van der Waals surface area contributed by atoms with Crippen molar-refractivity contribution in [1.82, 2.24) is 15.2 Å². The second kappa shape index (κ2) is 2.34. The van der Waals surface area contributed by atoms with E-state index in [0.29, 0.717) is 0 Å². The molecule has 1 aromatic rings. The van der Waals surface area contributed by atoms with Crippen molar-refractivity contribution in [3.63, 3.8) is 0 Å². The third-order valence-corrected chi connectivity index (χ3v) is 2.19. The average molecular weight is 178 g/mol. The molecular formula is C9H14N4. The molecule has 1 aliphatic heterocycles. The zero-order valence-corrected chi connectivity index (χ0v) is 8.42. The van der Waals surface area contributed by atoms with E-state index in [2.05, 4.69) is 35.5 Å². The van der Waals surface area contributed by atoms with Gasteiger partial charge in [0.15, 0.2) is 0 Å². The van der Waals surface area contributed by atoms with Crippen molar-refractivity contribution >= 4 is 6.08 Å². The Labute approximate surface area is 76.9 Å². The second-order valence-electron chi connectivity index (χ2n) is 4.03. The Kier molecular flexibility index (Phi) is 1.49. The molecule has 70 valence electrons. The number of rotatable bonds is 0. The largest absolute Gasteiger partial charge is 0.300 e. The van der Waals surface area contributed by atoms with Gasteiger partial charge < -0.3 is 0 Å². The molecule has 0 aliphatic carbocycles. The predicted octanol–water partition coefficient (Wildman–Crippen LogP) is -0.575. The fourth-order valence-corrected chi connectivity index (χ4v) is 1.54. The molecule has 0 saturated carbocycles. The van der Waals surface area contributed by atoms with Gasteiger partial charge in [0.2, 0.25) is 0 Å². The van der Waals surface area contributed by atoms with E-state index >= 15 is 0 Å². The summed E-state index contributed by atoms with van der Waals surface area (Å²) in [6.07, 6.45) is 2.15. The maximum atomic E-state index is 4.31. The minimum atomic E-state index is -0.0762. The van der Waals surface area contributed by atoms with Gasteiger partial charge in [-0.3, -0.25) is 10.1 Å². The molecule has 0 unspecified atom stereocenters. The van der Waals surface area contributed by atoms with E-state index in [1.807, 2.05) is 18.7 Å². The fourth-order valence-electron chi connectivity index (χ4n) is 1.54. The van der Waals surface area contributed by atoms with Crippen molar-refractivity contribution in [3.8, 4) is 0 Å². The average Bonchev–Trinajstić information content (AvgIpc) is 2.26. The van der Waals surface area contributed by atoms with E-state index in [0.717, 1.165) is 16.4 Å². The smallest absolute Gasteiger partial charge is 0.131 e. The van der Waals surface area contributed by atoms with Gasteiger partial charge in [-0.2, -0.15) is 10.2 Å². The van der Waals surface area contributed by atoms with Crippen LogP contribution in [0.3, 0.4) is 0 Å². The number of aromatic nitrogens is 2. The molecule has 0 aromatic carbocycles. The van der Waals surface area contributed by atoms with Gasteiger partial charge in [-0.1, -0.05) is 0 Å². The highest BCUT2D eigenvalue weighted by Crippen LogP contribution is 2.04. The predicted molar refractivity (Wildman–Crippen MR) is 50.4 cm³/mol. The standard InChI is InChI=1S/C9H14N4/c1-6-8-7(13(4)11-6)5-9(2,3)12-10-8/h5,12H,1-4H3. The van der Waals surface area contributed by atoms with Crippen molar-refractivity contribution in [3.05, 3.63) is 16.4 Å². The van der Waals surface area contributed by atoms with Crippen molar-refractivity contribution < 1.29 is 0 Å².